The van der Waals surface area contributed by atoms with Crippen LogP contribution in [0, 0.1) is 0 Å². The van der Waals surface area contributed by atoms with Crippen molar-refractivity contribution < 1.29 is 31.4 Å². The van der Waals surface area contributed by atoms with Crippen LogP contribution in [0.25, 0.3) is 0 Å². The molecule has 134 valence electrons. The van der Waals surface area contributed by atoms with Gasteiger partial charge in [-0.3, -0.25) is 4.90 Å². The number of unbranched alkanes of at least 4 members (excludes halogenated alkanes) is 4. The number of hydrogen-bond donors (Lipinski definition) is 1. The molecule has 1 aliphatic rings. The summed E-state index contributed by atoms with van der Waals surface area (Å²) >= 11 is 0. The van der Waals surface area contributed by atoms with E-state index in [-0.39, 0.29) is 23.0 Å². The van der Waals surface area contributed by atoms with E-state index in [9.17, 15) is 4.79 Å². The van der Waals surface area contributed by atoms with Crippen molar-refractivity contribution in [3.05, 3.63) is 42.2 Å². The summed E-state index contributed by atoms with van der Waals surface area (Å²) in [6.07, 6.45) is 10.9. The van der Waals surface area contributed by atoms with Gasteiger partial charge in [-0.25, -0.2) is 4.79 Å². The van der Waals surface area contributed by atoms with Gasteiger partial charge in [0, 0.05) is 18.7 Å². The zero-order chi connectivity index (χ0) is 16.5. The van der Waals surface area contributed by atoms with Gasteiger partial charge in [-0.15, -0.1) is 0 Å². The highest BCUT2D eigenvalue weighted by Gasteiger charge is 2.19. The lowest BCUT2D eigenvalue weighted by Crippen LogP contribution is -3.02. The zero-order valence-electron chi connectivity index (χ0n) is 14.8. The van der Waals surface area contributed by atoms with Crippen molar-refractivity contribution in [3.8, 4) is 0 Å². The maximum atomic E-state index is 11.7. The second-order valence-corrected chi connectivity index (χ2v) is 6.02. The monoisotopic (exact) mass is 396 g/mol. The third-order valence-corrected chi connectivity index (χ3v) is 4.18. The van der Waals surface area contributed by atoms with E-state index in [4.69, 9.17) is 4.74 Å². The number of esters is 1. The minimum atomic E-state index is -0.250. The Hall–Kier alpha value is -1.33. The third kappa shape index (κ3) is 6.29. The molecule has 24 heavy (non-hydrogen) atoms. The molecular formula is C19H29BrN2O2. The molecule has 0 fully saturated rings. The molecular weight excluding hydrogens is 368 g/mol. The molecule has 0 bridgehead atoms. The summed E-state index contributed by atoms with van der Waals surface area (Å²) in [4.78, 5) is 15.4. The number of nitrogens with one attached hydrogen (secondary N) is 1. The van der Waals surface area contributed by atoms with Gasteiger partial charge in [-0.05, 0) is 25.5 Å². The fraction of sp³-hybridized carbons (Fsp3) is 0.526. The minimum Gasteiger partial charge on any atom is -1.00 e. The summed E-state index contributed by atoms with van der Waals surface area (Å²) in [7, 11) is 0. The second-order valence-electron chi connectivity index (χ2n) is 6.02. The minimum absolute atomic E-state index is 0. The van der Waals surface area contributed by atoms with E-state index >= 15 is 0 Å². The highest BCUT2D eigenvalue weighted by Crippen LogP contribution is 2.09. The maximum absolute atomic E-state index is 11.7. The number of carbonyl (C=O) groups excluding carboxylic acids is 1. The van der Waals surface area contributed by atoms with Crippen LogP contribution in [0.1, 0.15) is 56.3 Å². The Morgan fingerprint density at radius 1 is 1.12 bits per heavy atom. The number of nitrogens with zero attached hydrogens (tertiary/aromatic N) is 1. The molecule has 1 atom stereocenters. The second kappa shape index (κ2) is 11.3. The Balaban J connectivity index is 0.00000288. The highest BCUT2D eigenvalue weighted by atomic mass is 79.9. The van der Waals surface area contributed by atoms with Crippen molar-refractivity contribution in [2.75, 3.05) is 19.8 Å². The van der Waals surface area contributed by atoms with Gasteiger partial charge in [0.2, 0.25) is 0 Å². The lowest BCUT2D eigenvalue weighted by atomic mass is 10.1. The average Bonchev–Trinajstić information content (AvgIpc) is 3.04. The molecule has 1 aromatic rings. The van der Waals surface area contributed by atoms with Crippen molar-refractivity contribution in [1.82, 2.24) is 4.90 Å². The van der Waals surface area contributed by atoms with E-state index in [2.05, 4.69) is 24.2 Å². The Bertz CT molecular complexity index is 517. The maximum Gasteiger partial charge on any atom is 0.338 e. The first kappa shape index (κ1) is 20.7. The van der Waals surface area contributed by atoms with Gasteiger partial charge < -0.3 is 26.6 Å². The molecule has 2 rings (SSSR count). The topological polar surface area (TPSA) is 34.0 Å². The van der Waals surface area contributed by atoms with Crippen LogP contribution < -0.4 is 21.9 Å². The molecule has 0 aliphatic carbocycles. The number of quaternary nitrogens is 1. The lowest BCUT2D eigenvalue weighted by molar-refractivity contribution is -0.777. The van der Waals surface area contributed by atoms with Crippen LogP contribution in [0.5, 0.6) is 0 Å². The number of carbonyl (C=O) groups is 1. The van der Waals surface area contributed by atoms with Gasteiger partial charge >= 0.3 is 5.97 Å². The Labute approximate surface area is 156 Å². The van der Waals surface area contributed by atoms with Crippen LogP contribution >= 0.6 is 0 Å². The Morgan fingerprint density at radius 3 is 2.50 bits per heavy atom. The fourth-order valence-electron chi connectivity index (χ4n) is 2.81. The van der Waals surface area contributed by atoms with Gasteiger partial charge in [0.15, 0.2) is 6.67 Å². The van der Waals surface area contributed by atoms with Crippen molar-refractivity contribution in [2.24, 2.45) is 0 Å². The molecule has 0 saturated heterocycles. The zero-order valence-corrected chi connectivity index (χ0v) is 16.3. The summed E-state index contributed by atoms with van der Waals surface area (Å²) in [5.74, 6) is -0.250. The van der Waals surface area contributed by atoms with E-state index < -0.39 is 0 Å². The predicted octanol–water partition coefficient (Wildman–Crippen LogP) is 0.0984. The standard InChI is InChI=1S/C19H28N2O2.BrH/c1-3-5-6-7-8-13-20-14-15-21(16-20)18-11-9-17(10-12-18)19(22)23-4-2;/h9-12,14-15H,3-8,13,16H2,1-2H3;1H. The van der Waals surface area contributed by atoms with Crippen molar-refractivity contribution in [1.29, 1.82) is 0 Å². The smallest absolute Gasteiger partial charge is 0.338 e. The van der Waals surface area contributed by atoms with E-state index in [1.165, 1.54) is 42.7 Å². The molecule has 1 N–H and O–H groups in total. The van der Waals surface area contributed by atoms with Gasteiger partial charge in [0.25, 0.3) is 0 Å². The van der Waals surface area contributed by atoms with E-state index in [0.29, 0.717) is 12.2 Å². The van der Waals surface area contributed by atoms with Crippen molar-refractivity contribution in [3.63, 3.8) is 0 Å². The van der Waals surface area contributed by atoms with Gasteiger partial charge in [-0.1, -0.05) is 32.6 Å². The Kier molecular flexibility index (Phi) is 9.72. The van der Waals surface area contributed by atoms with Gasteiger partial charge in [0.05, 0.1) is 18.4 Å². The van der Waals surface area contributed by atoms with E-state index in [1.807, 2.05) is 31.2 Å². The summed E-state index contributed by atoms with van der Waals surface area (Å²) in [6, 6.07) is 7.72. The molecule has 0 amide bonds. The fourth-order valence-corrected chi connectivity index (χ4v) is 2.81. The normalized spacial score (nSPS) is 16.1. The van der Waals surface area contributed by atoms with Crippen LogP contribution in [0.2, 0.25) is 0 Å². The average molecular weight is 397 g/mol. The SMILES string of the molecule is CCCCCCCN1C=C[NH+](c2ccc(C(=O)OCC)cc2)C1.[Br-]. The largest absolute Gasteiger partial charge is 1.00 e. The van der Waals surface area contributed by atoms with Crippen LogP contribution in [0.4, 0.5) is 5.69 Å². The van der Waals surface area contributed by atoms with Crippen LogP contribution in [0.15, 0.2) is 36.7 Å². The summed E-state index contributed by atoms with van der Waals surface area (Å²) in [5.41, 5.74) is 1.80. The van der Waals surface area contributed by atoms with Crippen LogP contribution in [-0.4, -0.2) is 30.7 Å². The molecule has 0 spiro atoms. The van der Waals surface area contributed by atoms with Gasteiger partial charge in [-0.2, -0.15) is 0 Å². The highest BCUT2D eigenvalue weighted by molar-refractivity contribution is 5.89. The number of rotatable bonds is 9. The molecule has 5 heteroatoms. The number of hydrogen-bond acceptors (Lipinski definition) is 3. The first-order chi connectivity index (χ1) is 11.2. The van der Waals surface area contributed by atoms with Crippen molar-refractivity contribution in [2.45, 2.75) is 46.0 Å². The Morgan fingerprint density at radius 2 is 1.83 bits per heavy atom. The molecule has 1 aliphatic heterocycles. The lowest BCUT2D eigenvalue weighted by Gasteiger charge is -2.16. The predicted molar refractivity (Wildman–Crippen MR) is 92.5 cm³/mol. The summed E-state index contributed by atoms with van der Waals surface area (Å²) in [5, 5.41) is 0. The number of ether oxygens (including phenoxy) is 1. The quantitative estimate of drug-likeness (QED) is 0.474. The van der Waals surface area contributed by atoms with Crippen LogP contribution in [0.3, 0.4) is 0 Å². The first-order valence-electron chi connectivity index (χ1n) is 8.80. The molecule has 0 aromatic heterocycles. The van der Waals surface area contributed by atoms with E-state index in [1.54, 1.807) is 0 Å². The molecule has 0 radical (unpaired) electrons. The summed E-state index contributed by atoms with van der Waals surface area (Å²) < 4.78 is 5.01. The number of benzene rings is 1. The van der Waals surface area contributed by atoms with Gasteiger partial charge in [0.1, 0.15) is 11.9 Å². The number of halogens is 1. The molecule has 1 heterocycles. The van der Waals surface area contributed by atoms with E-state index in [0.717, 1.165) is 13.2 Å². The molecule has 1 unspecified atom stereocenters. The molecule has 4 nitrogen and oxygen atoms in total. The van der Waals surface area contributed by atoms with Crippen LogP contribution in [-0.2, 0) is 4.74 Å². The first-order valence-corrected chi connectivity index (χ1v) is 8.80. The molecule has 0 saturated carbocycles. The van der Waals surface area contributed by atoms with Crippen molar-refractivity contribution >= 4 is 11.7 Å². The third-order valence-electron chi connectivity index (χ3n) is 4.18. The summed E-state index contributed by atoms with van der Waals surface area (Å²) in [6.45, 7) is 6.57. The molecule has 1 aromatic carbocycles.